The lowest BCUT2D eigenvalue weighted by molar-refractivity contribution is -0.142. The van der Waals surface area contributed by atoms with E-state index in [1.165, 1.54) is 12.7 Å². The minimum absolute atomic E-state index is 0.0620. The summed E-state index contributed by atoms with van der Waals surface area (Å²) in [5.74, 6) is 1.14. The lowest BCUT2D eigenvalue weighted by atomic mass is 9.68. The first-order valence-electron chi connectivity index (χ1n) is 7.93. The number of rotatable bonds is 3. The average molecular weight is 292 g/mol. The Hall–Kier alpha value is -1.16. The van der Waals surface area contributed by atoms with Gasteiger partial charge < -0.3 is 10.1 Å². The maximum Gasteiger partial charge on any atom is 0.305 e. The fourth-order valence-electron chi connectivity index (χ4n) is 3.72. The summed E-state index contributed by atoms with van der Waals surface area (Å²) in [6.07, 6.45) is 5.86. The first kappa shape index (κ1) is 16.2. The number of carbonyl (C=O) groups is 1. The van der Waals surface area contributed by atoms with E-state index in [0.29, 0.717) is 24.2 Å². The average Bonchev–Trinajstić information content (AvgIpc) is 2.45. The number of esters is 1. The second-order valence-corrected chi connectivity index (χ2v) is 6.77. The van der Waals surface area contributed by atoms with Crippen molar-refractivity contribution in [1.29, 1.82) is 0 Å². The van der Waals surface area contributed by atoms with E-state index in [1.54, 1.807) is 0 Å². The quantitative estimate of drug-likeness (QED) is 0.642. The van der Waals surface area contributed by atoms with E-state index in [-0.39, 0.29) is 17.6 Å². The van der Waals surface area contributed by atoms with Crippen LogP contribution in [0.25, 0.3) is 0 Å². The molecule has 0 saturated carbocycles. The summed E-state index contributed by atoms with van der Waals surface area (Å²) in [6, 6.07) is 0.244. The van der Waals surface area contributed by atoms with Crippen LogP contribution in [-0.4, -0.2) is 37.4 Å². The predicted octanol–water partition coefficient (Wildman–Crippen LogP) is 2.59. The molecule has 5 atom stereocenters. The third-order valence-electron chi connectivity index (χ3n) is 5.43. The summed E-state index contributed by atoms with van der Waals surface area (Å²) in [4.78, 5) is 16.2. The Morgan fingerprint density at radius 1 is 1.48 bits per heavy atom. The van der Waals surface area contributed by atoms with E-state index in [1.807, 2.05) is 6.21 Å². The molecule has 118 valence electrons. The van der Waals surface area contributed by atoms with E-state index in [0.717, 1.165) is 13.0 Å². The molecule has 1 N–H and O–H groups in total. The summed E-state index contributed by atoms with van der Waals surface area (Å²) in [5.41, 5.74) is 1.38. The van der Waals surface area contributed by atoms with Crippen LogP contribution in [0.1, 0.15) is 40.5 Å². The highest BCUT2D eigenvalue weighted by molar-refractivity contribution is 5.69. The van der Waals surface area contributed by atoms with Crippen molar-refractivity contribution < 1.29 is 9.53 Å². The number of nitrogens with one attached hydrogen (secondary N) is 1. The van der Waals surface area contributed by atoms with Crippen molar-refractivity contribution in [2.75, 3.05) is 13.7 Å². The maximum atomic E-state index is 11.6. The number of hydrogen-bond acceptors (Lipinski definition) is 4. The van der Waals surface area contributed by atoms with Gasteiger partial charge in [-0.3, -0.25) is 9.79 Å². The Morgan fingerprint density at radius 2 is 2.19 bits per heavy atom. The van der Waals surface area contributed by atoms with Gasteiger partial charge in [-0.2, -0.15) is 0 Å². The van der Waals surface area contributed by atoms with Crippen LogP contribution < -0.4 is 5.32 Å². The van der Waals surface area contributed by atoms with Gasteiger partial charge in [0.15, 0.2) is 0 Å². The number of aliphatic imine (C=N–C) groups is 1. The van der Waals surface area contributed by atoms with Gasteiger partial charge in [-0.05, 0) is 38.0 Å². The van der Waals surface area contributed by atoms with Gasteiger partial charge in [-0.25, -0.2) is 0 Å². The van der Waals surface area contributed by atoms with E-state index in [2.05, 4.69) is 44.1 Å². The zero-order valence-electron chi connectivity index (χ0n) is 13.8. The smallest absolute Gasteiger partial charge is 0.305 e. The van der Waals surface area contributed by atoms with Crippen molar-refractivity contribution in [1.82, 2.24) is 5.32 Å². The minimum Gasteiger partial charge on any atom is -0.469 e. The normalized spacial score (nSPS) is 39.8. The fraction of sp³-hybridized carbons (Fsp3) is 0.765. The van der Waals surface area contributed by atoms with E-state index in [9.17, 15) is 4.79 Å². The summed E-state index contributed by atoms with van der Waals surface area (Å²) < 4.78 is 4.84. The highest BCUT2D eigenvalue weighted by atomic mass is 16.5. The van der Waals surface area contributed by atoms with Gasteiger partial charge in [0.2, 0.25) is 0 Å². The van der Waals surface area contributed by atoms with Gasteiger partial charge in [0, 0.05) is 19.2 Å². The van der Waals surface area contributed by atoms with Crippen molar-refractivity contribution in [3.05, 3.63) is 11.6 Å². The molecule has 1 aliphatic carbocycles. The number of nitrogens with zero attached hydrogens (tertiary/aromatic N) is 1. The second kappa shape index (κ2) is 6.30. The van der Waals surface area contributed by atoms with Crippen molar-refractivity contribution in [3.63, 3.8) is 0 Å². The van der Waals surface area contributed by atoms with Crippen molar-refractivity contribution in [3.8, 4) is 0 Å². The standard InChI is InChI=1S/C17H28N2O2/c1-11-8-14(17(4)13(3)18-6-7-19-17)9-12(2)15(11)10-16(20)21-5/h6,8,11-13,15,19H,7,9-10H2,1-5H3. The lowest BCUT2D eigenvalue weighted by Gasteiger charge is -2.44. The van der Waals surface area contributed by atoms with Crippen molar-refractivity contribution in [2.45, 2.75) is 52.1 Å². The van der Waals surface area contributed by atoms with E-state index < -0.39 is 0 Å². The Balaban J connectivity index is 2.19. The molecule has 0 aromatic carbocycles. The van der Waals surface area contributed by atoms with Gasteiger partial charge in [0.05, 0.1) is 18.7 Å². The highest BCUT2D eigenvalue weighted by Gasteiger charge is 2.40. The Bertz CT molecular complexity index is 458. The zero-order chi connectivity index (χ0) is 15.6. The molecular weight excluding hydrogens is 264 g/mol. The summed E-state index contributed by atoms with van der Waals surface area (Å²) in [6.45, 7) is 9.70. The number of methoxy groups -OCH3 is 1. The van der Waals surface area contributed by atoms with Crippen LogP contribution in [0.5, 0.6) is 0 Å². The SMILES string of the molecule is COC(=O)CC1C(C)C=C(C2(C)NCC=NC2C)CC1C. The maximum absolute atomic E-state index is 11.6. The molecule has 0 fully saturated rings. The molecule has 21 heavy (non-hydrogen) atoms. The molecule has 4 heteroatoms. The van der Waals surface area contributed by atoms with Gasteiger partial charge in [0.25, 0.3) is 0 Å². The first-order chi connectivity index (χ1) is 9.88. The van der Waals surface area contributed by atoms with Crippen LogP contribution in [0.15, 0.2) is 16.6 Å². The molecular formula is C17H28N2O2. The van der Waals surface area contributed by atoms with Crippen LogP contribution in [-0.2, 0) is 9.53 Å². The largest absolute Gasteiger partial charge is 0.469 e. The minimum atomic E-state index is -0.101. The van der Waals surface area contributed by atoms with Crippen LogP contribution in [0.3, 0.4) is 0 Å². The predicted molar refractivity (Wildman–Crippen MR) is 85.5 cm³/mol. The molecule has 0 spiro atoms. The molecule has 0 bridgehead atoms. The van der Waals surface area contributed by atoms with Crippen LogP contribution in [0.2, 0.25) is 0 Å². The second-order valence-electron chi connectivity index (χ2n) is 6.77. The van der Waals surface area contributed by atoms with Crippen molar-refractivity contribution in [2.24, 2.45) is 22.7 Å². The number of hydrogen-bond donors (Lipinski definition) is 1. The molecule has 0 saturated heterocycles. The first-order valence-corrected chi connectivity index (χ1v) is 7.93. The number of carbonyl (C=O) groups excluding carboxylic acids is 1. The number of allylic oxidation sites excluding steroid dienone is 1. The van der Waals surface area contributed by atoms with Crippen LogP contribution >= 0.6 is 0 Å². The van der Waals surface area contributed by atoms with Gasteiger partial charge >= 0.3 is 5.97 Å². The monoisotopic (exact) mass is 292 g/mol. The molecule has 2 rings (SSSR count). The van der Waals surface area contributed by atoms with Crippen LogP contribution in [0, 0.1) is 17.8 Å². The van der Waals surface area contributed by atoms with E-state index >= 15 is 0 Å². The third-order valence-corrected chi connectivity index (χ3v) is 5.43. The van der Waals surface area contributed by atoms with Crippen molar-refractivity contribution >= 4 is 12.2 Å². The molecule has 0 radical (unpaired) electrons. The molecule has 2 aliphatic rings. The Morgan fingerprint density at radius 3 is 2.76 bits per heavy atom. The highest BCUT2D eigenvalue weighted by Crippen LogP contribution is 2.41. The van der Waals surface area contributed by atoms with Gasteiger partial charge in [-0.15, -0.1) is 0 Å². The number of ether oxygens (including phenoxy) is 1. The molecule has 1 aliphatic heterocycles. The fourth-order valence-corrected chi connectivity index (χ4v) is 3.72. The molecule has 1 heterocycles. The van der Waals surface area contributed by atoms with E-state index in [4.69, 9.17) is 4.74 Å². The molecule has 0 aromatic rings. The van der Waals surface area contributed by atoms with Crippen LogP contribution in [0.4, 0.5) is 0 Å². The molecule has 5 unspecified atom stereocenters. The Kier molecular flexibility index (Phi) is 4.87. The Labute approximate surface area is 128 Å². The molecule has 0 aromatic heterocycles. The lowest BCUT2D eigenvalue weighted by Crippen LogP contribution is -2.56. The topological polar surface area (TPSA) is 50.7 Å². The van der Waals surface area contributed by atoms with Gasteiger partial charge in [0.1, 0.15) is 0 Å². The summed E-state index contributed by atoms with van der Waals surface area (Å²) in [5, 5.41) is 3.61. The molecule has 4 nitrogen and oxygen atoms in total. The molecule has 0 amide bonds. The zero-order valence-corrected chi connectivity index (χ0v) is 13.8. The third kappa shape index (κ3) is 3.20. The summed E-state index contributed by atoms with van der Waals surface area (Å²) >= 11 is 0. The van der Waals surface area contributed by atoms with Gasteiger partial charge in [-0.1, -0.05) is 25.5 Å². The summed E-state index contributed by atoms with van der Waals surface area (Å²) in [7, 11) is 1.47.